The average molecular weight is 386 g/mol. The Kier molecular flexibility index (Phi) is 28.1. The summed E-state index contributed by atoms with van der Waals surface area (Å²) in [6.07, 6.45) is 13.3. The first kappa shape index (κ1) is 29.5. The van der Waals surface area contributed by atoms with Crippen molar-refractivity contribution in [3.8, 4) is 0 Å². The molecule has 0 radical (unpaired) electrons. The van der Waals surface area contributed by atoms with Crippen LogP contribution in [0, 0.1) is 0 Å². The van der Waals surface area contributed by atoms with Gasteiger partial charge in [0.25, 0.3) is 0 Å². The van der Waals surface area contributed by atoms with Crippen molar-refractivity contribution in [2.24, 2.45) is 0 Å². The van der Waals surface area contributed by atoms with Gasteiger partial charge >= 0.3 is 10.4 Å². The molecule has 0 bridgehead atoms. The Balaban J connectivity index is -0.000000337. The quantitative estimate of drug-likeness (QED) is 0.317. The van der Waals surface area contributed by atoms with Crippen molar-refractivity contribution in [1.29, 1.82) is 0 Å². The van der Waals surface area contributed by atoms with Crippen molar-refractivity contribution < 1.29 is 22.6 Å². The van der Waals surface area contributed by atoms with Crippen molar-refractivity contribution in [3.05, 3.63) is 0 Å². The van der Waals surface area contributed by atoms with Crippen LogP contribution in [0.25, 0.3) is 0 Å². The summed E-state index contributed by atoms with van der Waals surface area (Å²) in [6, 6.07) is 0. The lowest BCUT2D eigenvalue weighted by molar-refractivity contribution is 0.282. The number of nitrogens with zero attached hydrogens (tertiary/aromatic N) is 1. The summed E-state index contributed by atoms with van der Waals surface area (Å²) in [5, 5.41) is 8.57. The molecule has 0 saturated carbocycles. The second-order valence-electron chi connectivity index (χ2n) is 5.97. The molecule has 0 heterocycles. The van der Waals surface area contributed by atoms with Crippen LogP contribution in [0.15, 0.2) is 0 Å². The van der Waals surface area contributed by atoms with E-state index in [0.29, 0.717) is 6.61 Å². The van der Waals surface area contributed by atoms with Gasteiger partial charge in [-0.3, -0.25) is 9.11 Å². The molecule has 0 aliphatic carbocycles. The predicted octanol–water partition coefficient (Wildman–Crippen LogP) is 4.59. The fourth-order valence-corrected chi connectivity index (χ4v) is 2.27. The molecule has 25 heavy (non-hydrogen) atoms. The van der Waals surface area contributed by atoms with E-state index in [-0.39, 0.29) is 0 Å². The van der Waals surface area contributed by atoms with Crippen LogP contribution in [0.3, 0.4) is 0 Å². The topological polar surface area (TPSA) is 98.1 Å². The van der Waals surface area contributed by atoms with Crippen LogP contribution in [0.4, 0.5) is 0 Å². The van der Waals surface area contributed by atoms with Crippen LogP contribution >= 0.6 is 0 Å². The van der Waals surface area contributed by atoms with Crippen molar-refractivity contribution in [1.82, 2.24) is 4.90 Å². The predicted molar refractivity (Wildman–Crippen MR) is 107 cm³/mol. The first-order valence-corrected chi connectivity index (χ1v) is 11.2. The minimum Gasteiger partial charge on any atom is -0.396 e. The highest BCUT2D eigenvalue weighted by Crippen LogP contribution is 2.09. The molecule has 0 aliphatic rings. The molecule has 0 aliphatic heterocycles. The number of unbranched alkanes of at least 4 members (excludes halogenated alkanes) is 9. The van der Waals surface area contributed by atoms with E-state index in [1.165, 1.54) is 77.4 Å². The van der Waals surface area contributed by atoms with Gasteiger partial charge < -0.3 is 10.0 Å². The Hall–Kier alpha value is -0.210. The molecule has 6 nitrogen and oxygen atoms in total. The monoisotopic (exact) mass is 385 g/mol. The summed E-state index contributed by atoms with van der Waals surface area (Å²) < 4.78 is 31.6. The fourth-order valence-electron chi connectivity index (χ4n) is 2.27. The molecule has 0 rings (SSSR count). The molecule has 0 aromatic heterocycles. The molecule has 0 atom stereocenters. The lowest BCUT2D eigenvalue weighted by atomic mass is 10.1. The van der Waals surface area contributed by atoms with Crippen molar-refractivity contribution in [3.63, 3.8) is 0 Å². The Morgan fingerprint density at radius 1 is 0.640 bits per heavy atom. The first-order valence-electron chi connectivity index (χ1n) is 9.79. The van der Waals surface area contributed by atoms with Gasteiger partial charge in [-0.05, 0) is 26.1 Å². The summed E-state index contributed by atoms with van der Waals surface area (Å²) >= 11 is 0. The zero-order valence-electron chi connectivity index (χ0n) is 16.9. The zero-order valence-corrected chi connectivity index (χ0v) is 17.7. The van der Waals surface area contributed by atoms with E-state index in [1.807, 2.05) is 0 Å². The van der Waals surface area contributed by atoms with Gasteiger partial charge in [-0.15, -0.1) is 0 Å². The third kappa shape index (κ3) is 45.3. The van der Waals surface area contributed by atoms with Crippen LogP contribution in [0.1, 0.15) is 91.9 Å². The van der Waals surface area contributed by atoms with Gasteiger partial charge in [0.05, 0.1) is 0 Å². The van der Waals surface area contributed by atoms with E-state index >= 15 is 0 Å². The largest absolute Gasteiger partial charge is 0.396 e. The van der Waals surface area contributed by atoms with E-state index in [9.17, 15) is 0 Å². The third-order valence-electron chi connectivity index (χ3n) is 3.85. The average Bonchev–Trinajstić information content (AvgIpc) is 2.54. The summed E-state index contributed by atoms with van der Waals surface area (Å²) in [5.41, 5.74) is 0. The summed E-state index contributed by atoms with van der Waals surface area (Å²) in [4.78, 5) is 2.38. The lowest BCUT2D eigenvalue weighted by Crippen LogP contribution is -2.21. The van der Waals surface area contributed by atoms with Crippen LogP contribution in [0.2, 0.25) is 0 Å². The number of hydrogen-bond donors (Lipinski definition) is 3. The van der Waals surface area contributed by atoms with Gasteiger partial charge in [-0.2, -0.15) is 8.42 Å². The third-order valence-corrected chi connectivity index (χ3v) is 3.85. The number of aliphatic hydroxyl groups excluding tert-OH is 1. The van der Waals surface area contributed by atoms with Gasteiger partial charge in [-0.25, -0.2) is 0 Å². The maximum absolute atomic E-state index is 8.74. The number of rotatable bonds is 13. The summed E-state index contributed by atoms with van der Waals surface area (Å²) in [5.74, 6) is 0. The van der Waals surface area contributed by atoms with Crippen LogP contribution in [0.5, 0.6) is 0 Å². The Labute approximate surface area is 156 Å². The highest BCUT2D eigenvalue weighted by Gasteiger charge is 1.91. The van der Waals surface area contributed by atoms with Gasteiger partial charge in [0.15, 0.2) is 0 Å². The number of hydrogen-bond acceptors (Lipinski definition) is 4. The van der Waals surface area contributed by atoms with E-state index < -0.39 is 10.4 Å². The fraction of sp³-hybridized carbons (Fsp3) is 1.00. The van der Waals surface area contributed by atoms with Crippen molar-refractivity contribution >= 4 is 10.4 Å². The van der Waals surface area contributed by atoms with Crippen molar-refractivity contribution in [2.45, 2.75) is 91.9 Å². The van der Waals surface area contributed by atoms with E-state index in [2.05, 4.69) is 32.6 Å². The Morgan fingerprint density at radius 3 is 1.12 bits per heavy atom. The number of aliphatic hydroxyl groups is 1. The molecule has 0 amide bonds. The first-order chi connectivity index (χ1) is 11.8. The maximum atomic E-state index is 8.74. The standard InChI is InChI=1S/C12H26O.C6H15N.H2O4S/c1-2-3-4-5-6-7-8-9-10-11-12-13;1-4-7(5-2)6-3;1-5(2,3)4/h13H,2-12H2,1H3;4-6H2,1-3H3;(H2,1,2,3,4). The summed E-state index contributed by atoms with van der Waals surface area (Å²) in [7, 11) is -4.67. The van der Waals surface area contributed by atoms with Crippen molar-refractivity contribution in [2.75, 3.05) is 26.2 Å². The van der Waals surface area contributed by atoms with Crippen LogP contribution in [-0.2, 0) is 10.4 Å². The lowest BCUT2D eigenvalue weighted by Gasteiger charge is -2.13. The normalized spacial score (nSPS) is 10.7. The van der Waals surface area contributed by atoms with E-state index in [0.717, 1.165) is 6.42 Å². The van der Waals surface area contributed by atoms with Crippen LogP contribution in [-0.4, -0.2) is 53.8 Å². The molecule has 0 unspecified atom stereocenters. The van der Waals surface area contributed by atoms with E-state index in [1.54, 1.807) is 0 Å². The van der Waals surface area contributed by atoms with E-state index in [4.69, 9.17) is 22.6 Å². The van der Waals surface area contributed by atoms with Crippen LogP contribution < -0.4 is 0 Å². The molecule has 0 saturated heterocycles. The molecular formula is C18H43NO5S. The minimum absolute atomic E-state index is 0.372. The second-order valence-corrected chi connectivity index (χ2v) is 6.87. The Bertz CT molecular complexity index is 296. The SMILES string of the molecule is CCCCCCCCCCCCO.CCN(CC)CC.O=S(=O)(O)O. The summed E-state index contributed by atoms with van der Waals surface area (Å²) in [6.45, 7) is 12.8. The molecule has 7 heteroatoms. The second kappa shape index (κ2) is 23.8. The molecule has 0 aromatic rings. The highest BCUT2D eigenvalue weighted by molar-refractivity contribution is 7.79. The molecule has 0 fully saturated rings. The molecule has 156 valence electrons. The Morgan fingerprint density at radius 2 is 0.920 bits per heavy atom. The molecule has 3 N–H and O–H groups in total. The van der Waals surface area contributed by atoms with Gasteiger partial charge in [0, 0.05) is 6.61 Å². The van der Waals surface area contributed by atoms with Gasteiger partial charge in [0.2, 0.25) is 0 Å². The zero-order chi connectivity index (χ0) is 20.0. The van der Waals surface area contributed by atoms with Gasteiger partial charge in [0.1, 0.15) is 0 Å². The molecule has 0 aromatic carbocycles. The minimum atomic E-state index is -4.67. The van der Waals surface area contributed by atoms with Gasteiger partial charge in [-0.1, -0.05) is 85.5 Å². The maximum Gasteiger partial charge on any atom is 0.394 e. The smallest absolute Gasteiger partial charge is 0.394 e. The highest BCUT2D eigenvalue weighted by atomic mass is 32.3. The molecule has 0 spiro atoms. The molecular weight excluding hydrogens is 342 g/mol.